The maximum absolute atomic E-state index is 13.2. The molecule has 37 heavy (non-hydrogen) atoms. The molecule has 6 nitrogen and oxygen atoms in total. The van der Waals surface area contributed by atoms with Gasteiger partial charge in [-0.25, -0.2) is 4.39 Å². The minimum Gasteiger partial charge on any atom is -0.459 e. The summed E-state index contributed by atoms with van der Waals surface area (Å²) >= 11 is 18.3. The van der Waals surface area contributed by atoms with E-state index in [2.05, 4.69) is 15.6 Å². The lowest BCUT2D eigenvalue weighted by Crippen LogP contribution is -2.32. The first-order valence-corrected chi connectivity index (χ1v) is 12.6. The van der Waals surface area contributed by atoms with Gasteiger partial charge in [0.1, 0.15) is 23.4 Å². The summed E-state index contributed by atoms with van der Waals surface area (Å²) in [6, 6.07) is 19.7. The van der Waals surface area contributed by atoms with Crippen molar-refractivity contribution in [3.8, 4) is 11.3 Å². The molecule has 2 aromatic heterocycles. The highest BCUT2D eigenvalue weighted by molar-refractivity contribution is 7.80. The predicted molar refractivity (Wildman–Crippen MR) is 146 cm³/mol. The van der Waals surface area contributed by atoms with Gasteiger partial charge in [-0.05, 0) is 72.9 Å². The van der Waals surface area contributed by atoms with Crippen molar-refractivity contribution in [2.75, 3.05) is 11.9 Å². The van der Waals surface area contributed by atoms with E-state index in [4.69, 9.17) is 39.8 Å². The van der Waals surface area contributed by atoms with Crippen molar-refractivity contribution in [2.45, 2.75) is 18.5 Å². The van der Waals surface area contributed by atoms with Crippen LogP contribution in [0.4, 0.5) is 10.1 Å². The second kappa shape index (κ2) is 10.9. The molecule has 0 unspecified atom stereocenters. The first-order chi connectivity index (χ1) is 17.9. The topological polar surface area (TPSA) is 70.4 Å². The van der Waals surface area contributed by atoms with Gasteiger partial charge in [-0.1, -0.05) is 35.3 Å². The first kappa shape index (κ1) is 25.2. The maximum atomic E-state index is 13.2. The van der Waals surface area contributed by atoms with Crippen LogP contribution >= 0.6 is 35.4 Å². The summed E-state index contributed by atoms with van der Waals surface area (Å²) in [5.41, 5.74) is 1.98. The molecule has 1 fully saturated rings. The number of benzene rings is 2. The van der Waals surface area contributed by atoms with Crippen LogP contribution in [-0.4, -0.2) is 27.4 Å². The smallest absolute Gasteiger partial charge is 0.226 e. The number of thiocarbonyl (C=S) groups is 1. The molecule has 188 valence electrons. The Morgan fingerprint density at radius 2 is 1.89 bits per heavy atom. The fourth-order valence-electron chi connectivity index (χ4n) is 4.28. The van der Waals surface area contributed by atoms with Crippen molar-refractivity contribution < 1.29 is 13.6 Å². The molecule has 2 aromatic carbocycles. The van der Waals surface area contributed by atoms with Crippen LogP contribution in [-0.2, 0) is 4.79 Å². The Bertz CT molecular complexity index is 1430. The average Bonchev–Trinajstić information content (AvgIpc) is 3.51. The normalized spacial score (nSPS) is 17.1. The molecule has 0 spiro atoms. The number of hydrogen-bond donors (Lipinski definition) is 2. The maximum Gasteiger partial charge on any atom is 0.226 e. The van der Waals surface area contributed by atoms with Gasteiger partial charge in [-0.3, -0.25) is 9.78 Å². The average molecular weight is 555 g/mol. The zero-order valence-electron chi connectivity index (χ0n) is 19.3. The highest BCUT2D eigenvalue weighted by Crippen LogP contribution is 2.42. The Morgan fingerprint density at radius 3 is 2.65 bits per heavy atom. The third-order valence-electron chi connectivity index (χ3n) is 6.04. The number of aromatic nitrogens is 1. The van der Waals surface area contributed by atoms with Crippen molar-refractivity contribution in [1.29, 1.82) is 0 Å². The van der Waals surface area contributed by atoms with Gasteiger partial charge in [-0.15, -0.1) is 0 Å². The number of amides is 1. The summed E-state index contributed by atoms with van der Waals surface area (Å²) in [5.74, 6) is 0.606. The molecule has 5 rings (SSSR count). The van der Waals surface area contributed by atoms with Gasteiger partial charge in [-0.2, -0.15) is 0 Å². The van der Waals surface area contributed by atoms with Gasteiger partial charge in [0.2, 0.25) is 5.91 Å². The van der Waals surface area contributed by atoms with Crippen LogP contribution < -0.4 is 10.6 Å². The molecule has 2 atom stereocenters. The van der Waals surface area contributed by atoms with E-state index in [1.54, 1.807) is 18.3 Å². The number of carbonyl (C=O) groups is 1. The Kier molecular flexibility index (Phi) is 7.41. The second-order valence-corrected chi connectivity index (χ2v) is 9.60. The molecule has 0 saturated carbocycles. The minimum atomic E-state index is -0.369. The first-order valence-electron chi connectivity index (χ1n) is 11.5. The van der Waals surface area contributed by atoms with Crippen molar-refractivity contribution in [3.05, 3.63) is 106 Å². The minimum absolute atomic E-state index is 0.151. The fraction of sp³-hybridized carbons (Fsp3) is 0.148. The molecule has 4 aromatic rings. The van der Waals surface area contributed by atoms with Gasteiger partial charge in [0.25, 0.3) is 0 Å². The van der Waals surface area contributed by atoms with Crippen LogP contribution in [0, 0.1) is 5.82 Å². The second-order valence-electron chi connectivity index (χ2n) is 8.43. The molecule has 1 saturated heterocycles. The number of rotatable bonds is 7. The Hall–Kier alpha value is -3.46. The van der Waals surface area contributed by atoms with Crippen LogP contribution in [0.1, 0.15) is 30.0 Å². The molecule has 0 radical (unpaired) electrons. The third kappa shape index (κ3) is 5.46. The Labute approximate surface area is 228 Å². The molecule has 0 aliphatic carbocycles. The molecule has 2 N–H and O–H groups in total. The number of hydrogen-bond acceptors (Lipinski definition) is 4. The van der Waals surface area contributed by atoms with Gasteiger partial charge in [0.15, 0.2) is 5.11 Å². The third-order valence-corrected chi connectivity index (χ3v) is 7.21. The standard InChI is InChI=1S/C27H21Cl2FN4O2S/c28-19-5-3-4-18(24(19)29)21-11-12-22(36-21)26-25(20-6-1-2-14-31-20)33-27(37)34(26)15-13-23(35)32-17-9-7-16(30)8-10-17/h1-12,14,25-26H,13,15H2,(H,32,35)(H,33,37)/t25-,26-/m1/s1. The van der Waals surface area contributed by atoms with Crippen LogP contribution in [0.15, 0.2) is 83.4 Å². The fourth-order valence-corrected chi connectivity index (χ4v) is 5.01. The summed E-state index contributed by atoms with van der Waals surface area (Å²) in [5, 5.41) is 7.43. The lowest BCUT2D eigenvalue weighted by Gasteiger charge is -2.25. The highest BCUT2D eigenvalue weighted by Gasteiger charge is 2.41. The SMILES string of the molecule is O=C(CCN1C(=S)N[C@H](c2ccccn2)[C@H]1c1ccc(-c2cccc(Cl)c2Cl)o1)Nc1ccc(F)cc1. The molecule has 10 heteroatoms. The summed E-state index contributed by atoms with van der Waals surface area (Å²) in [6.07, 6.45) is 1.87. The van der Waals surface area contributed by atoms with Crippen LogP contribution in [0.2, 0.25) is 10.0 Å². The van der Waals surface area contributed by atoms with E-state index in [1.165, 1.54) is 24.3 Å². The molecule has 1 aliphatic heterocycles. The van der Waals surface area contributed by atoms with E-state index >= 15 is 0 Å². The number of halogens is 3. The van der Waals surface area contributed by atoms with Gasteiger partial charge >= 0.3 is 0 Å². The Morgan fingerprint density at radius 1 is 1.08 bits per heavy atom. The lowest BCUT2D eigenvalue weighted by atomic mass is 10.0. The van der Waals surface area contributed by atoms with E-state index in [0.29, 0.717) is 44.5 Å². The molecule has 0 bridgehead atoms. The van der Waals surface area contributed by atoms with Gasteiger partial charge in [0, 0.05) is 30.4 Å². The van der Waals surface area contributed by atoms with Crippen molar-refractivity contribution >= 4 is 52.1 Å². The zero-order chi connectivity index (χ0) is 25.9. The van der Waals surface area contributed by atoms with Crippen LogP contribution in [0.3, 0.4) is 0 Å². The molecule has 1 aliphatic rings. The number of pyridine rings is 1. The number of carbonyl (C=O) groups excluding carboxylic acids is 1. The largest absolute Gasteiger partial charge is 0.459 e. The summed E-state index contributed by atoms with van der Waals surface area (Å²) in [7, 11) is 0. The Balaban J connectivity index is 1.41. The summed E-state index contributed by atoms with van der Waals surface area (Å²) in [4.78, 5) is 19.1. The van der Waals surface area contributed by atoms with E-state index in [0.717, 1.165) is 5.69 Å². The van der Waals surface area contributed by atoms with Crippen molar-refractivity contribution in [2.24, 2.45) is 0 Å². The van der Waals surface area contributed by atoms with Crippen LogP contribution in [0.5, 0.6) is 0 Å². The molecule has 3 heterocycles. The zero-order valence-corrected chi connectivity index (χ0v) is 21.7. The monoisotopic (exact) mass is 554 g/mol. The summed E-state index contributed by atoms with van der Waals surface area (Å²) < 4.78 is 19.5. The van der Waals surface area contributed by atoms with Crippen LogP contribution in [0.25, 0.3) is 11.3 Å². The number of nitrogens with zero attached hydrogens (tertiary/aromatic N) is 2. The lowest BCUT2D eigenvalue weighted by molar-refractivity contribution is -0.116. The number of furan rings is 1. The molecule has 1 amide bonds. The number of nitrogens with one attached hydrogen (secondary N) is 2. The van der Waals surface area contributed by atoms with E-state index in [1.807, 2.05) is 41.3 Å². The molecular formula is C27H21Cl2FN4O2S. The number of anilines is 1. The van der Waals surface area contributed by atoms with E-state index in [-0.39, 0.29) is 30.2 Å². The van der Waals surface area contributed by atoms with Gasteiger partial charge < -0.3 is 20.0 Å². The van der Waals surface area contributed by atoms with Crippen molar-refractivity contribution in [1.82, 2.24) is 15.2 Å². The quantitative estimate of drug-likeness (QED) is 0.245. The van der Waals surface area contributed by atoms with Gasteiger partial charge in [0.05, 0.1) is 21.8 Å². The highest BCUT2D eigenvalue weighted by atomic mass is 35.5. The predicted octanol–water partition coefficient (Wildman–Crippen LogP) is 6.79. The van der Waals surface area contributed by atoms with Crippen molar-refractivity contribution in [3.63, 3.8) is 0 Å². The summed E-state index contributed by atoms with van der Waals surface area (Å²) in [6.45, 7) is 0.320. The van der Waals surface area contributed by atoms with E-state index in [9.17, 15) is 9.18 Å². The molecular weight excluding hydrogens is 534 g/mol. The van der Waals surface area contributed by atoms with E-state index < -0.39 is 0 Å².